The Labute approximate surface area is 107 Å². The van der Waals surface area contributed by atoms with Crippen molar-refractivity contribution in [3.05, 3.63) is 71.8 Å². The molecule has 0 amide bonds. The van der Waals surface area contributed by atoms with E-state index in [0.29, 0.717) is 6.42 Å². The van der Waals surface area contributed by atoms with Gasteiger partial charge in [0.1, 0.15) is 6.29 Å². The minimum atomic E-state index is -0.154. The van der Waals surface area contributed by atoms with Crippen molar-refractivity contribution in [2.24, 2.45) is 5.73 Å². The van der Waals surface area contributed by atoms with Crippen molar-refractivity contribution in [2.45, 2.75) is 18.4 Å². The van der Waals surface area contributed by atoms with Crippen LogP contribution in [0.5, 0.6) is 0 Å². The Morgan fingerprint density at radius 3 is 1.89 bits per heavy atom. The Kier molecular flexibility index (Phi) is 4.26. The predicted octanol–water partition coefficient (Wildman–Crippen LogP) is 3.06. The Morgan fingerprint density at radius 1 is 0.889 bits per heavy atom. The number of hydrogen-bond acceptors (Lipinski definition) is 2. The first-order valence-corrected chi connectivity index (χ1v) is 6.12. The number of benzene rings is 2. The normalized spacial score (nSPS) is 13.8. The third-order valence-electron chi connectivity index (χ3n) is 3.20. The third kappa shape index (κ3) is 2.84. The molecular formula is C16H17NO. The standard InChI is InChI=1S/C16H17NO/c17-16(14-9-5-2-6-10-14)15(11-12-18)13-7-3-1-4-8-13/h1-10,12,15-16H,11,17H2/t15?,16-/m0/s1. The van der Waals surface area contributed by atoms with Gasteiger partial charge < -0.3 is 10.5 Å². The monoisotopic (exact) mass is 239 g/mol. The largest absolute Gasteiger partial charge is 0.323 e. The topological polar surface area (TPSA) is 43.1 Å². The van der Waals surface area contributed by atoms with Gasteiger partial charge in [-0.25, -0.2) is 0 Å². The Hall–Kier alpha value is -1.93. The minimum Gasteiger partial charge on any atom is -0.323 e. The molecule has 0 fully saturated rings. The van der Waals surface area contributed by atoms with Gasteiger partial charge in [0.25, 0.3) is 0 Å². The highest BCUT2D eigenvalue weighted by Gasteiger charge is 2.20. The van der Waals surface area contributed by atoms with E-state index in [-0.39, 0.29) is 12.0 Å². The summed E-state index contributed by atoms with van der Waals surface area (Å²) in [5.74, 6) is 0.0334. The quantitative estimate of drug-likeness (QED) is 0.815. The second-order valence-corrected chi connectivity index (χ2v) is 4.36. The molecule has 0 aliphatic heterocycles. The van der Waals surface area contributed by atoms with E-state index >= 15 is 0 Å². The van der Waals surface area contributed by atoms with Gasteiger partial charge in [0, 0.05) is 18.4 Å². The summed E-state index contributed by atoms with van der Waals surface area (Å²) in [4.78, 5) is 10.9. The zero-order valence-corrected chi connectivity index (χ0v) is 10.2. The van der Waals surface area contributed by atoms with Crippen molar-refractivity contribution in [3.63, 3.8) is 0 Å². The highest BCUT2D eigenvalue weighted by Crippen LogP contribution is 2.30. The van der Waals surface area contributed by atoms with Gasteiger partial charge in [0.05, 0.1) is 0 Å². The molecule has 0 heterocycles. The van der Waals surface area contributed by atoms with Gasteiger partial charge in [0.15, 0.2) is 0 Å². The fourth-order valence-corrected chi connectivity index (χ4v) is 2.20. The summed E-state index contributed by atoms with van der Waals surface area (Å²) >= 11 is 0. The van der Waals surface area contributed by atoms with E-state index in [1.165, 1.54) is 0 Å². The third-order valence-corrected chi connectivity index (χ3v) is 3.20. The second kappa shape index (κ2) is 6.12. The average molecular weight is 239 g/mol. The lowest BCUT2D eigenvalue weighted by Crippen LogP contribution is -2.20. The Bertz CT molecular complexity index is 481. The van der Waals surface area contributed by atoms with E-state index in [4.69, 9.17) is 5.73 Å². The molecule has 2 atom stereocenters. The van der Waals surface area contributed by atoms with E-state index < -0.39 is 0 Å². The summed E-state index contributed by atoms with van der Waals surface area (Å²) in [7, 11) is 0. The Morgan fingerprint density at radius 2 is 1.39 bits per heavy atom. The number of nitrogens with two attached hydrogens (primary N) is 1. The summed E-state index contributed by atoms with van der Waals surface area (Å²) in [5, 5.41) is 0. The van der Waals surface area contributed by atoms with Crippen LogP contribution >= 0.6 is 0 Å². The first kappa shape index (κ1) is 12.5. The maximum atomic E-state index is 10.9. The number of aldehydes is 1. The predicted molar refractivity (Wildman–Crippen MR) is 73.2 cm³/mol. The molecule has 0 aliphatic rings. The number of carbonyl (C=O) groups excluding carboxylic acids is 1. The first-order chi connectivity index (χ1) is 8.83. The van der Waals surface area contributed by atoms with Crippen LogP contribution in [0.2, 0.25) is 0 Å². The van der Waals surface area contributed by atoms with Crippen molar-refractivity contribution in [2.75, 3.05) is 0 Å². The molecule has 2 nitrogen and oxygen atoms in total. The van der Waals surface area contributed by atoms with E-state index in [1.807, 2.05) is 60.7 Å². The summed E-state index contributed by atoms with van der Waals surface area (Å²) in [6.45, 7) is 0. The molecule has 2 rings (SSSR count). The van der Waals surface area contributed by atoms with Crippen LogP contribution in [0.3, 0.4) is 0 Å². The lowest BCUT2D eigenvalue weighted by molar-refractivity contribution is -0.108. The van der Waals surface area contributed by atoms with Crippen LogP contribution in [0.4, 0.5) is 0 Å². The van der Waals surface area contributed by atoms with Crippen LogP contribution in [-0.2, 0) is 4.79 Å². The second-order valence-electron chi connectivity index (χ2n) is 4.36. The van der Waals surface area contributed by atoms with Gasteiger partial charge in [-0.3, -0.25) is 0 Å². The van der Waals surface area contributed by atoms with Gasteiger partial charge in [-0.15, -0.1) is 0 Å². The van der Waals surface area contributed by atoms with Crippen molar-refractivity contribution >= 4 is 6.29 Å². The van der Waals surface area contributed by atoms with Gasteiger partial charge in [-0.2, -0.15) is 0 Å². The Balaban J connectivity index is 2.28. The van der Waals surface area contributed by atoms with Crippen molar-refractivity contribution in [1.82, 2.24) is 0 Å². The van der Waals surface area contributed by atoms with Crippen LogP contribution in [0, 0.1) is 0 Å². The lowest BCUT2D eigenvalue weighted by Gasteiger charge is -2.23. The number of hydrogen-bond donors (Lipinski definition) is 1. The zero-order valence-electron chi connectivity index (χ0n) is 10.2. The summed E-state index contributed by atoms with van der Waals surface area (Å²) in [6, 6.07) is 19.7. The van der Waals surface area contributed by atoms with E-state index in [2.05, 4.69) is 0 Å². The molecule has 2 N–H and O–H groups in total. The lowest BCUT2D eigenvalue weighted by atomic mass is 9.86. The average Bonchev–Trinajstić information content (AvgIpc) is 2.46. The molecule has 0 saturated carbocycles. The van der Waals surface area contributed by atoms with E-state index in [1.54, 1.807) is 0 Å². The summed E-state index contributed by atoms with van der Waals surface area (Å²) in [6.07, 6.45) is 1.39. The molecule has 2 aromatic carbocycles. The van der Waals surface area contributed by atoms with E-state index in [9.17, 15) is 4.79 Å². The molecule has 2 aromatic rings. The number of carbonyl (C=O) groups is 1. The van der Waals surface area contributed by atoms with E-state index in [0.717, 1.165) is 17.4 Å². The molecule has 0 aromatic heterocycles. The SMILES string of the molecule is N[C@@H](c1ccccc1)C(CC=O)c1ccccc1. The van der Waals surface area contributed by atoms with Gasteiger partial charge >= 0.3 is 0 Å². The van der Waals surface area contributed by atoms with Crippen LogP contribution in [0.15, 0.2) is 60.7 Å². The van der Waals surface area contributed by atoms with Crippen molar-refractivity contribution in [3.8, 4) is 0 Å². The summed E-state index contributed by atoms with van der Waals surface area (Å²) in [5.41, 5.74) is 8.47. The fraction of sp³-hybridized carbons (Fsp3) is 0.188. The van der Waals surface area contributed by atoms with Crippen molar-refractivity contribution in [1.29, 1.82) is 0 Å². The van der Waals surface area contributed by atoms with Crippen LogP contribution in [0.1, 0.15) is 29.5 Å². The van der Waals surface area contributed by atoms with Gasteiger partial charge in [0.2, 0.25) is 0 Å². The molecular weight excluding hydrogens is 222 g/mol. The molecule has 0 saturated heterocycles. The van der Waals surface area contributed by atoms with Crippen LogP contribution < -0.4 is 5.73 Å². The first-order valence-electron chi connectivity index (χ1n) is 6.12. The smallest absolute Gasteiger partial charge is 0.120 e. The molecule has 2 heteroatoms. The molecule has 0 radical (unpaired) electrons. The van der Waals surface area contributed by atoms with Crippen LogP contribution in [-0.4, -0.2) is 6.29 Å². The highest BCUT2D eigenvalue weighted by molar-refractivity contribution is 5.52. The fourth-order valence-electron chi connectivity index (χ4n) is 2.20. The van der Waals surface area contributed by atoms with Gasteiger partial charge in [-0.05, 0) is 11.1 Å². The molecule has 92 valence electrons. The molecule has 18 heavy (non-hydrogen) atoms. The molecule has 0 spiro atoms. The van der Waals surface area contributed by atoms with Crippen molar-refractivity contribution < 1.29 is 4.79 Å². The highest BCUT2D eigenvalue weighted by atomic mass is 16.1. The number of rotatable bonds is 5. The summed E-state index contributed by atoms with van der Waals surface area (Å²) < 4.78 is 0. The van der Waals surface area contributed by atoms with Crippen LogP contribution in [0.25, 0.3) is 0 Å². The molecule has 0 aliphatic carbocycles. The van der Waals surface area contributed by atoms with Gasteiger partial charge in [-0.1, -0.05) is 60.7 Å². The molecule has 0 bridgehead atoms. The zero-order chi connectivity index (χ0) is 12.8. The minimum absolute atomic E-state index is 0.0334. The maximum absolute atomic E-state index is 10.9. The maximum Gasteiger partial charge on any atom is 0.120 e. The molecule has 1 unspecified atom stereocenters.